The predicted octanol–water partition coefficient (Wildman–Crippen LogP) is 5.43. The Kier molecular flexibility index (Phi) is 6.33. The van der Waals surface area contributed by atoms with Crippen LogP contribution in [-0.4, -0.2) is 33.0 Å². The lowest BCUT2D eigenvalue weighted by atomic mass is 9.86. The van der Waals surface area contributed by atoms with E-state index in [1.54, 1.807) is 24.3 Å². The van der Waals surface area contributed by atoms with Gasteiger partial charge in [0.15, 0.2) is 0 Å². The third-order valence-corrected chi connectivity index (χ3v) is 7.53. The highest BCUT2D eigenvalue weighted by Gasteiger charge is 2.22. The maximum Gasteiger partial charge on any atom is 0.238 e. The molecule has 172 valence electrons. The molecule has 5 rings (SSSR count). The van der Waals surface area contributed by atoms with Crippen molar-refractivity contribution in [3.63, 3.8) is 0 Å². The molecule has 0 unspecified atom stereocenters. The molecular formula is C29H28N2O2S. The van der Waals surface area contributed by atoms with Gasteiger partial charge >= 0.3 is 0 Å². The Bertz CT molecular complexity index is 1340. The van der Waals surface area contributed by atoms with Crippen molar-refractivity contribution in [1.82, 2.24) is 4.90 Å². The molecule has 0 radical (unpaired) electrons. The average molecular weight is 469 g/mol. The number of benzene rings is 3. The molecule has 0 atom stereocenters. The number of nitrogens with zero attached hydrogens (tertiary/aromatic N) is 1. The van der Waals surface area contributed by atoms with E-state index in [2.05, 4.69) is 71.7 Å². The van der Waals surface area contributed by atoms with E-state index in [4.69, 9.17) is 5.14 Å². The number of likely N-dealkylation sites (tertiary alicyclic amines) is 1. The van der Waals surface area contributed by atoms with Gasteiger partial charge in [0.05, 0.1) is 4.90 Å². The van der Waals surface area contributed by atoms with Gasteiger partial charge in [-0.2, -0.15) is 0 Å². The lowest BCUT2D eigenvalue weighted by molar-refractivity contribution is 0.284. The molecular weight excluding hydrogens is 440 g/mol. The monoisotopic (exact) mass is 468 g/mol. The maximum atomic E-state index is 11.4. The van der Waals surface area contributed by atoms with Crippen molar-refractivity contribution in [2.24, 2.45) is 5.14 Å². The van der Waals surface area contributed by atoms with E-state index in [0.717, 1.165) is 38.0 Å². The molecule has 1 saturated heterocycles. The van der Waals surface area contributed by atoms with Crippen LogP contribution in [0.2, 0.25) is 0 Å². The van der Waals surface area contributed by atoms with Crippen molar-refractivity contribution in [3.05, 3.63) is 112 Å². The summed E-state index contributed by atoms with van der Waals surface area (Å²) in [6.45, 7) is 2.91. The van der Waals surface area contributed by atoms with Crippen LogP contribution in [0.5, 0.6) is 0 Å². The second kappa shape index (κ2) is 9.55. The first-order valence-corrected chi connectivity index (χ1v) is 13.1. The molecule has 3 aromatic carbocycles. The maximum absolute atomic E-state index is 11.4. The Labute approximate surface area is 201 Å². The Morgan fingerprint density at radius 3 is 1.91 bits per heavy atom. The van der Waals surface area contributed by atoms with Crippen LogP contribution in [0.15, 0.2) is 89.3 Å². The van der Waals surface area contributed by atoms with Crippen LogP contribution < -0.4 is 5.14 Å². The van der Waals surface area contributed by atoms with E-state index in [1.807, 2.05) is 6.08 Å². The van der Waals surface area contributed by atoms with E-state index in [0.29, 0.717) is 0 Å². The normalized spacial score (nSPS) is 16.4. The third-order valence-electron chi connectivity index (χ3n) is 6.60. The molecule has 4 nitrogen and oxygen atoms in total. The van der Waals surface area contributed by atoms with E-state index in [1.165, 1.54) is 33.4 Å². The second-order valence-electron chi connectivity index (χ2n) is 8.80. The first kappa shape index (κ1) is 22.5. The molecule has 0 saturated carbocycles. The summed E-state index contributed by atoms with van der Waals surface area (Å²) in [6.07, 6.45) is 10.7. The quantitative estimate of drug-likeness (QED) is 0.434. The zero-order valence-corrected chi connectivity index (χ0v) is 19.8. The molecule has 3 aromatic rings. The van der Waals surface area contributed by atoms with Crippen LogP contribution in [0.25, 0.3) is 23.8 Å². The molecule has 34 heavy (non-hydrogen) atoms. The second-order valence-corrected chi connectivity index (χ2v) is 10.4. The lowest BCUT2D eigenvalue weighted by Gasteiger charge is -2.29. The summed E-state index contributed by atoms with van der Waals surface area (Å²) in [5, 5.41) is 5.17. The number of fused-ring (bicyclic) bond motifs is 2. The molecule has 0 aromatic heterocycles. The van der Waals surface area contributed by atoms with Gasteiger partial charge < -0.3 is 0 Å². The van der Waals surface area contributed by atoms with E-state index in [9.17, 15) is 8.42 Å². The fraction of sp³-hybridized carbons (Fsp3) is 0.172. The van der Waals surface area contributed by atoms with Crippen molar-refractivity contribution in [2.75, 3.05) is 19.6 Å². The summed E-state index contributed by atoms with van der Waals surface area (Å²) in [7, 11) is -3.65. The number of nitrogens with two attached hydrogens (primary N) is 1. The summed E-state index contributed by atoms with van der Waals surface area (Å²) < 4.78 is 22.8. The topological polar surface area (TPSA) is 63.4 Å². The molecule has 1 aliphatic heterocycles. The van der Waals surface area contributed by atoms with Crippen molar-refractivity contribution in [2.45, 2.75) is 17.7 Å². The molecule has 2 N–H and O–H groups in total. The van der Waals surface area contributed by atoms with Crippen molar-refractivity contribution >= 4 is 33.8 Å². The van der Waals surface area contributed by atoms with Crippen LogP contribution in [-0.2, 0) is 10.0 Å². The minimum Gasteiger partial charge on any atom is -0.299 e. The summed E-state index contributed by atoms with van der Waals surface area (Å²) in [5.74, 6) is 0. The molecule has 1 heterocycles. The minimum atomic E-state index is -3.65. The molecule has 5 heteroatoms. The van der Waals surface area contributed by atoms with E-state index < -0.39 is 10.0 Å². The number of piperidine rings is 1. The Balaban J connectivity index is 1.31. The van der Waals surface area contributed by atoms with Gasteiger partial charge in [0.25, 0.3) is 0 Å². The van der Waals surface area contributed by atoms with Gasteiger partial charge in [-0.1, -0.05) is 90.5 Å². The highest BCUT2D eigenvalue weighted by molar-refractivity contribution is 7.89. The van der Waals surface area contributed by atoms with Crippen LogP contribution in [0, 0.1) is 0 Å². The highest BCUT2D eigenvalue weighted by Crippen LogP contribution is 2.38. The number of hydrogen-bond donors (Lipinski definition) is 1. The van der Waals surface area contributed by atoms with Crippen LogP contribution in [0.1, 0.15) is 40.7 Å². The predicted molar refractivity (Wildman–Crippen MR) is 140 cm³/mol. The molecule has 0 spiro atoms. The van der Waals surface area contributed by atoms with Gasteiger partial charge in [-0.3, -0.25) is 4.90 Å². The number of rotatable bonds is 4. The molecule has 1 fully saturated rings. The Morgan fingerprint density at radius 1 is 0.794 bits per heavy atom. The van der Waals surface area contributed by atoms with Crippen LogP contribution in [0.3, 0.4) is 0 Å². The third kappa shape index (κ3) is 4.82. The summed E-state index contributed by atoms with van der Waals surface area (Å²) in [5.41, 5.74) is 9.11. The van der Waals surface area contributed by atoms with Gasteiger partial charge in [-0.25, -0.2) is 13.6 Å². The zero-order valence-electron chi connectivity index (χ0n) is 19.0. The fourth-order valence-electron chi connectivity index (χ4n) is 4.81. The first-order chi connectivity index (χ1) is 16.5. The standard InChI is InChI=1S/C29H28N2O2S/c30-34(32,33)26-15-11-22(12-16-26)6-5-19-31-20-17-25(18-21-31)29-27-9-3-1-7-23(27)13-14-24-8-2-4-10-28(24)29/h1-16H,17-21H2,(H2,30,32,33)/b6-5+. The Morgan fingerprint density at radius 2 is 1.35 bits per heavy atom. The summed E-state index contributed by atoms with van der Waals surface area (Å²) in [4.78, 5) is 2.60. The van der Waals surface area contributed by atoms with Crippen molar-refractivity contribution < 1.29 is 8.42 Å². The average Bonchev–Trinajstić information content (AvgIpc) is 3.01. The van der Waals surface area contributed by atoms with E-state index >= 15 is 0 Å². The first-order valence-electron chi connectivity index (χ1n) is 11.6. The summed E-state index contributed by atoms with van der Waals surface area (Å²) in [6, 6.07) is 24.1. The number of hydrogen-bond acceptors (Lipinski definition) is 3. The number of sulfonamides is 1. The van der Waals surface area contributed by atoms with Crippen LogP contribution >= 0.6 is 0 Å². The SMILES string of the molecule is NS(=O)(=O)c1ccc(/C=C/CN2CCC(=C3c4ccccc4C=Cc4ccccc43)CC2)cc1. The zero-order chi connectivity index (χ0) is 23.5. The lowest BCUT2D eigenvalue weighted by Crippen LogP contribution is -2.31. The fourth-order valence-corrected chi connectivity index (χ4v) is 5.32. The van der Waals surface area contributed by atoms with Gasteiger partial charge in [0, 0.05) is 19.6 Å². The van der Waals surface area contributed by atoms with Gasteiger partial charge in [0.1, 0.15) is 0 Å². The van der Waals surface area contributed by atoms with E-state index in [-0.39, 0.29) is 4.90 Å². The van der Waals surface area contributed by atoms with Crippen LogP contribution in [0.4, 0.5) is 0 Å². The number of primary sulfonamides is 1. The molecule has 2 aliphatic rings. The van der Waals surface area contributed by atoms with Gasteiger partial charge in [-0.15, -0.1) is 0 Å². The summed E-state index contributed by atoms with van der Waals surface area (Å²) >= 11 is 0. The molecule has 0 bridgehead atoms. The van der Waals surface area contributed by atoms with Crippen molar-refractivity contribution in [1.29, 1.82) is 0 Å². The van der Waals surface area contributed by atoms with Gasteiger partial charge in [-0.05, 0) is 58.4 Å². The largest absolute Gasteiger partial charge is 0.299 e. The smallest absolute Gasteiger partial charge is 0.238 e. The Hall–Kier alpha value is -3.25. The minimum absolute atomic E-state index is 0.137. The molecule has 1 aliphatic carbocycles. The highest BCUT2D eigenvalue weighted by atomic mass is 32.2. The molecule has 0 amide bonds. The van der Waals surface area contributed by atoms with Gasteiger partial charge in [0.2, 0.25) is 10.0 Å². The van der Waals surface area contributed by atoms with Crippen molar-refractivity contribution in [3.8, 4) is 0 Å².